The molecule has 7 heteroatoms. The lowest BCUT2D eigenvalue weighted by atomic mass is 10.4. The molecule has 102 valence electrons. The van der Waals surface area contributed by atoms with Gasteiger partial charge >= 0.3 is 0 Å². The highest BCUT2D eigenvalue weighted by molar-refractivity contribution is 7.11. The summed E-state index contributed by atoms with van der Waals surface area (Å²) in [6.07, 6.45) is 0. The fourth-order valence-corrected chi connectivity index (χ4v) is 2.43. The van der Waals surface area contributed by atoms with Crippen LogP contribution in [-0.4, -0.2) is 22.8 Å². The summed E-state index contributed by atoms with van der Waals surface area (Å²) in [5.41, 5.74) is 2.91. The average Bonchev–Trinajstić information content (AvgIpc) is 2.98. The number of nitrogen functional groups attached to an aromatic ring is 1. The fraction of sp³-hybridized carbons (Fsp3) is 0.333. The van der Waals surface area contributed by atoms with E-state index in [-0.39, 0.29) is 5.91 Å². The van der Waals surface area contributed by atoms with Gasteiger partial charge in [0.2, 0.25) is 0 Å². The molecule has 6 nitrogen and oxygen atoms in total. The van der Waals surface area contributed by atoms with Gasteiger partial charge in [-0.1, -0.05) is 0 Å². The first kappa shape index (κ1) is 13.7. The molecular formula is C12H16N4O2S. The smallest absolute Gasteiger partial charge is 0.294 e. The Labute approximate surface area is 115 Å². The Balaban J connectivity index is 1.93. The molecule has 2 heterocycles. The number of carbonyl (C=O) groups is 1. The second kappa shape index (κ2) is 5.96. The molecule has 0 aliphatic rings. The van der Waals surface area contributed by atoms with Crippen LogP contribution in [0.1, 0.15) is 27.0 Å². The van der Waals surface area contributed by atoms with Crippen LogP contribution in [0.3, 0.4) is 0 Å². The molecule has 2 aromatic rings. The van der Waals surface area contributed by atoms with E-state index in [9.17, 15) is 4.79 Å². The van der Waals surface area contributed by atoms with E-state index in [0.29, 0.717) is 18.1 Å². The first-order chi connectivity index (χ1) is 9.08. The van der Waals surface area contributed by atoms with E-state index in [1.54, 1.807) is 0 Å². The molecular weight excluding hydrogens is 264 g/mol. The largest absolute Gasteiger partial charge is 0.465 e. The molecule has 0 saturated carbocycles. The van der Waals surface area contributed by atoms with Crippen molar-refractivity contribution < 1.29 is 9.21 Å². The maximum atomic E-state index is 11.3. The number of hydrazine groups is 1. The van der Waals surface area contributed by atoms with Gasteiger partial charge in [-0.05, 0) is 26.1 Å². The van der Waals surface area contributed by atoms with Crippen LogP contribution in [0.15, 0.2) is 21.9 Å². The second-order valence-corrected chi connectivity index (χ2v) is 5.16. The highest BCUT2D eigenvalue weighted by Crippen LogP contribution is 2.13. The first-order valence-electron chi connectivity index (χ1n) is 5.77. The van der Waals surface area contributed by atoms with Crippen molar-refractivity contribution in [3.05, 3.63) is 39.7 Å². The van der Waals surface area contributed by atoms with Crippen molar-refractivity contribution in [1.82, 2.24) is 15.3 Å². The summed E-state index contributed by atoms with van der Waals surface area (Å²) in [4.78, 5) is 17.6. The van der Waals surface area contributed by atoms with Crippen molar-refractivity contribution in [2.75, 3.05) is 7.05 Å². The number of aryl methyl sites for hydroxylation is 1. The zero-order valence-electron chi connectivity index (χ0n) is 10.8. The maximum absolute atomic E-state index is 11.3. The van der Waals surface area contributed by atoms with E-state index in [1.165, 1.54) is 11.3 Å². The predicted molar refractivity (Wildman–Crippen MR) is 72.4 cm³/mol. The minimum atomic E-state index is -0.361. The summed E-state index contributed by atoms with van der Waals surface area (Å²) in [6, 6.07) is 3.90. The normalized spacial score (nSPS) is 10.9. The van der Waals surface area contributed by atoms with E-state index >= 15 is 0 Å². The summed E-state index contributed by atoms with van der Waals surface area (Å²) in [5, 5.41) is 2.23. The number of hydrogen-bond donors (Lipinski definition) is 2. The van der Waals surface area contributed by atoms with Crippen molar-refractivity contribution >= 4 is 17.2 Å². The quantitative estimate of drug-likeness (QED) is 0.489. The molecule has 0 radical (unpaired) electrons. The summed E-state index contributed by atoms with van der Waals surface area (Å²) in [6.45, 7) is 3.26. The molecule has 0 atom stereocenters. The average molecular weight is 280 g/mol. The van der Waals surface area contributed by atoms with Crippen LogP contribution in [0.5, 0.6) is 0 Å². The van der Waals surface area contributed by atoms with E-state index in [4.69, 9.17) is 10.3 Å². The lowest BCUT2D eigenvalue weighted by Gasteiger charge is -2.13. The van der Waals surface area contributed by atoms with Crippen LogP contribution in [0.4, 0.5) is 0 Å². The lowest BCUT2D eigenvalue weighted by Crippen LogP contribution is -2.29. The molecule has 0 saturated heterocycles. The molecule has 0 aliphatic carbocycles. The minimum absolute atomic E-state index is 0.361. The molecule has 19 heavy (non-hydrogen) atoms. The summed E-state index contributed by atoms with van der Waals surface area (Å²) >= 11 is 1.28. The van der Waals surface area contributed by atoms with Gasteiger partial charge in [0, 0.05) is 11.9 Å². The number of amides is 1. The third-order valence-corrected chi connectivity index (χ3v) is 3.42. The van der Waals surface area contributed by atoms with E-state index < -0.39 is 0 Å². The number of thiazole rings is 1. The van der Waals surface area contributed by atoms with Crippen LogP contribution in [0.25, 0.3) is 0 Å². The summed E-state index contributed by atoms with van der Waals surface area (Å²) in [7, 11) is 1.97. The summed E-state index contributed by atoms with van der Waals surface area (Å²) in [5.74, 6) is 6.52. The second-order valence-electron chi connectivity index (χ2n) is 4.30. The monoisotopic (exact) mass is 280 g/mol. The van der Waals surface area contributed by atoms with Crippen LogP contribution >= 0.6 is 11.3 Å². The Bertz CT molecular complexity index is 564. The maximum Gasteiger partial charge on any atom is 0.294 e. The number of nitrogens with one attached hydrogen (secondary N) is 1. The van der Waals surface area contributed by atoms with Gasteiger partial charge in [-0.15, -0.1) is 11.3 Å². The van der Waals surface area contributed by atoms with E-state index in [1.807, 2.05) is 31.5 Å². The molecule has 2 rings (SSSR count). The van der Waals surface area contributed by atoms with Crippen LogP contribution in [-0.2, 0) is 13.1 Å². The Morgan fingerprint density at radius 2 is 2.32 bits per heavy atom. The summed E-state index contributed by atoms with van der Waals surface area (Å²) < 4.78 is 5.51. The van der Waals surface area contributed by atoms with Gasteiger partial charge in [-0.25, -0.2) is 10.8 Å². The number of aromatic nitrogens is 1. The number of carbonyl (C=O) groups excluding carboxylic acids is 1. The molecule has 0 fully saturated rings. The molecule has 0 unspecified atom stereocenters. The number of nitrogens with zero attached hydrogens (tertiary/aromatic N) is 2. The van der Waals surface area contributed by atoms with Crippen molar-refractivity contribution in [3.63, 3.8) is 0 Å². The molecule has 2 aromatic heterocycles. The number of hydrogen-bond acceptors (Lipinski definition) is 6. The molecule has 1 amide bonds. The topological polar surface area (TPSA) is 84.4 Å². The van der Waals surface area contributed by atoms with Gasteiger partial charge in [0.15, 0.2) is 5.01 Å². The van der Waals surface area contributed by atoms with Gasteiger partial charge in [0.05, 0.1) is 12.2 Å². The minimum Gasteiger partial charge on any atom is -0.465 e. The van der Waals surface area contributed by atoms with Gasteiger partial charge < -0.3 is 4.42 Å². The van der Waals surface area contributed by atoms with E-state index in [0.717, 1.165) is 17.2 Å². The third-order valence-electron chi connectivity index (χ3n) is 2.53. The van der Waals surface area contributed by atoms with E-state index in [2.05, 4.69) is 15.3 Å². The van der Waals surface area contributed by atoms with Crippen molar-refractivity contribution in [2.24, 2.45) is 5.84 Å². The predicted octanol–water partition coefficient (Wildman–Crippen LogP) is 1.28. The van der Waals surface area contributed by atoms with Crippen molar-refractivity contribution in [1.29, 1.82) is 0 Å². The number of furan rings is 1. The van der Waals surface area contributed by atoms with Crippen molar-refractivity contribution in [2.45, 2.75) is 20.0 Å². The van der Waals surface area contributed by atoms with Gasteiger partial charge in [-0.2, -0.15) is 0 Å². The highest BCUT2D eigenvalue weighted by atomic mass is 32.1. The number of nitrogens with two attached hydrogens (primary N) is 1. The standard InChI is InChI=1S/C12H16N4O2S/c1-8-3-4-10(18-8)6-16(2)5-9-7-19-12(14-9)11(17)15-13/h3-4,7H,5-6,13H2,1-2H3,(H,15,17). The Morgan fingerprint density at radius 1 is 1.53 bits per heavy atom. The zero-order chi connectivity index (χ0) is 13.8. The van der Waals surface area contributed by atoms with Gasteiger partial charge in [0.25, 0.3) is 5.91 Å². The SMILES string of the molecule is Cc1ccc(CN(C)Cc2csc(C(=O)NN)n2)o1. The Kier molecular flexibility index (Phi) is 4.31. The first-order valence-corrected chi connectivity index (χ1v) is 6.65. The van der Waals surface area contributed by atoms with Crippen LogP contribution < -0.4 is 11.3 Å². The Morgan fingerprint density at radius 3 is 2.95 bits per heavy atom. The fourth-order valence-electron chi connectivity index (χ4n) is 1.71. The number of rotatable bonds is 5. The molecule has 0 spiro atoms. The van der Waals surface area contributed by atoms with Crippen molar-refractivity contribution in [3.8, 4) is 0 Å². The van der Waals surface area contributed by atoms with Gasteiger partial charge in [0.1, 0.15) is 11.5 Å². The third kappa shape index (κ3) is 3.63. The van der Waals surface area contributed by atoms with Crippen LogP contribution in [0, 0.1) is 6.92 Å². The van der Waals surface area contributed by atoms with Crippen LogP contribution in [0.2, 0.25) is 0 Å². The lowest BCUT2D eigenvalue weighted by molar-refractivity contribution is 0.0953. The van der Waals surface area contributed by atoms with Gasteiger partial charge in [-0.3, -0.25) is 15.1 Å². The molecule has 3 N–H and O–H groups in total. The zero-order valence-corrected chi connectivity index (χ0v) is 11.7. The molecule has 0 aliphatic heterocycles. The highest BCUT2D eigenvalue weighted by Gasteiger charge is 2.11. The molecule has 0 aromatic carbocycles. The molecule has 0 bridgehead atoms. The Hall–Kier alpha value is -1.70.